The maximum absolute atomic E-state index is 11.7. The molecule has 3 N–H and O–H groups in total. The number of aryl methyl sites for hydroxylation is 1. The van der Waals surface area contributed by atoms with Crippen LogP contribution in [0.3, 0.4) is 0 Å². The summed E-state index contributed by atoms with van der Waals surface area (Å²) in [7, 11) is 1.17. The first-order valence-electron chi connectivity index (χ1n) is 5.53. The van der Waals surface area contributed by atoms with Crippen molar-refractivity contribution >= 4 is 11.9 Å². The highest BCUT2D eigenvalue weighted by molar-refractivity contribution is 5.93. The van der Waals surface area contributed by atoms with E-state index in [0.717, 1.165) is 6.42 Å². The molecular formula is C10H16N4O4. The van der Waals surface area contributed by atoms with Crippen molar-refractivity contribution < 1.29 is 19.4 Å². The highest BCUT2D eigenvalue weighted by atomic mass is 16.5. The molecule has 0 saturated carbocycles. The van der Waals surface area contributed by atoms with E-state index < -0.39 is 24.5 Å². The highest BCUT2D eigenvalue weighted by Crippen LogP contribution is 1.97. The molecule has 1 aromatic rings. The van der Waals surface area contributed by atoms with Crippen LogP contribution >= 0.6 is 0 Å². The van der Waals surface area contributed by atoms with Gasteiger partial charge in [-0.15, -0.1) is 5.10 Å². The maximum Gasteiger partial charge on any atom is 0.330 e. The summed E-state index contributed by atoms with van der Waals surface area (Å²) >= 11 is 0. The van der Waals surface area contributed by atoms with Gasteiger partial charge in [0.25, 0.3) is 5.91 Å². The Morgan fingerprint density at radius 3 is 2.83 bits per heavy atom. The summed E-state index contributed by atoms with van der Waals surface area (Å²) in [5, 5.41) is 17.6. The predicted octanol–water partition coefficient (Wildman–Crippen LogP) is -0.979. The Kier molecular flexibility index (Phi) is 5.25. The quantitative estimate of drug-likeness (QED) is 0.563. The molecule has 0 fully saturated rings. The van der Waals surface area contributed by atoms with Gasteiger partial charge < -0.3 is 15.2 Å². The molecule has 1 heterocycles. The summed E-state index contributed by atoms with van der Waals surface area (Å²) in [5.41, 5.74) is 0. The number of carbonyl (C=O) groups is 2. The van der Waals surface area contributed by atoms with Crippen LogP contribution in [0.25, 0.3) is 0 Å². The SMILES string of the molecule is CCCc1nc(C(=O)NC(CO)C(=O)OC)n[nH]1. The molecule has 8 heteroatoms. The largest absolute Gasteiger partial charge is 0.467 e. The Balaban J connectivity index is 2.65. The van der Waals surface area contributed by atoms with Gasteiger partial charge in [-0.05, 0) is 6.42 Å². The molecule has 0 saturated heterocycles. The van der Waals surface area contributed by atoms with Gasteiger partial charge in [-0.1, -0.05) is 6.92 Å². The number of H-pyrrole nitrogens is 1. The number of ether oxygens (including phenoxy) is 1. The molecule has 0 aliphatic carbocycles. The number of methoxy groups -OCH3 is 1. The van der Waals surface area contributed by atoms with Crippen molar-refractivity contribution in [1.82, 2.24) is 20.5 Å². The molecule has 0 radical (unpaired) electrons. The normalized spacial score (nSPS) is 11.9. The zero-order chi connectivity index (χ0) is 13.5. The second kappa shape index (κ2) is 6.70. The predicted molar refractivity (Wildman–Crippen MR) is 60.7 cm³/mol. The third-order valence-corrected chi connectivity index (χ3v) is 2.20. The Morgan fingerprint density at radius 2 is 2.28 bits per heavy atom. The van der Waals surface area contributed by atoms with Gasteiger partial charge >= 0.3 is 5.97 Å². The zero-order valence-corrected chi connectivity index (χ0v) is 10.3. The Labute approximate surface area is 104 Å². The number of hydrogen-bond donors (Lipinski definition) is 3. The number of amides is 1. The van der Waals surface area contributed by atoms with Gasteiger partial charge in [0, 0.05) is 6.42 Å². The van der Waals surface area contributed by atoms with Crippen LogP contribution in [0.4, 0.5) is 0 Å². The number of aliphatic hydroxyl groups excluding tert-OH is 1. The van der Waals surface area contributed by atoms with Crippen molar-refractivity contribution in [2.45, 2.75) is 25.8 Å². The fraction of sp³-hybridized carbons (Fsp3) is 0.600. The molecule has 100 valence electrons. The Hall–Kier alpha value is -1.96. The van der Waals surface area contributed by atoms with Crippen LogP contribution in [0.15, 0.2) is 0 Å². The minimum absolute atomic E-state index is 0.0687. The van der Waals surface area contributed by atoms with Crippen LogP contribution in [0.5, 0.6) is 0 Å². The lowest BCUT2D eigenvalue weighted by Gasteiger charge is -2.11. The van der Waals surface area contributed by atoms with Crippen LogP contribution in [0.2, 0.25) is 0 Å². The van der Waals surface area contributed by atoms with Gasteiger partial charge in [-0.2, -0.15) is 0 Å². The second-order valence-electron chi connectivity index (χ2n) is 3.59. The van der Waals surface area contributed by atoms with Crippen LogP contribution < -0.4 is 5.32 Å². The number of nitrogens with zero attached hydrogens (tertiary/aromatic N) is 2. The second-order valence-corrected chi connectivity index (χ2v) is 3.59. The molecule has 1 atom stereocenters. The van der Waals surface area contributed by atoms with E-state index in [1.807, 2.05) is 6.92 Å². The molecule has 18 heavy (non-hydrogen) atoms. The molecule has 1 amide bonds. The lowest BCUT2D eigenvalue weighted by atomic mass is 10.3. The monoisotopic (exact) mass is 256 g/mol. The van der Waals surface area contributed by atoms with E-state index in [1.54, 1.807) is 0 Å². The fourth-order valence-corrected chi connectivity index (χ4v) is 1.29. The Bertz CT molecular complexity index is 418. The molecule has 0 aromatic carbocycles. The molecule has 1 rings (SSSR count). The van der Waals surface area contributed by atoms with Crippen LogP contribution in [-0.4, -0.2) is 51.9 Å². The number of carbonyl (C=O) groups excluding carboxylic acids is 2. The molecule has 1 aromatic heterocycles. The van der Waals surface area contributed by atoms with E-state index in [2.05, 4.69) is 25.2 Å². The van der Waals surface area contributed by atoms with Gasteiger partial charge in [0.2, 0.25) is 5.82 Å². The van der Waals surface area contributed by atoms with Gasteiger partial charge in [-0.3, -0.25) is 9.89 Å². The highest BCUT2D eigenvalue weighted by Gasteiger charge is 2.23. The van der Waals surface area contributed by atoms with E-state index in [1.165, 1.54) is 7.11 Å². The van der Waals surface area contributed by atoms with Crippen LogP contribution in [-0.2, 0) is 16.0 Å². The molecule has 1 unspecified atom stereocenters. The van der Waals surface area contributed by atoms with Crippen molar-refractivity contribution in [3.8, 4) is 0 Å². The van der Waals surface area contributed by atoms with E-state index in [9.17, 15) is 9.59 Å². The first-order chi connectivity index (χ1) is 8.62. The fourth-order valence-electron chi connectivity index (χ4n) is 1.29. The Morgan fingerprint density at radius 1 is 1.56 bits per heavy atom. The number of aromatic nitrogens is 3. The topological polar surface area (TPSA) is 117 Å². The summed E-state index contributed by atoms with van der Waals surface area (Å²) in [6.07, 6.45) is 1.55. The molecule has 0 spiro atoms. The van der Waals surface area contributed by atoms with E-state index in [0.29, 0.717) is 12.2 Å². The molecule has 0 aliphatic heterocycles. The first kappa shape index (κ1) is 14.1. The van der Waals surface area contributed by atoms with Crippen molar-refractivity contribution in [2.24, 2.45) is 0 Å². The average molecular weight is 256 g/mol. The van der Waals surface area contributed by atoms with Crippen molar-refractivity contribution in [2.75, 3.05) is 13.7 Å². The van der Waals surface area contributed by atoms with E-state index in [-0.39, 0.29) is 5.82 Å². The lowest BCUT2D eigenvalue weighted by molar-refractivity contribution is -0.143. The number of aromatic amines is 1. The molecular weight excluding hydrogens is 240 g/mol. The number of esters is 1. The van der Waals surface area contributed by atoms with E-state index >= 15 is 0 Å². The van der Waals surface area contributed by atoms with Crippen molar-refractivity contribution in [3.05, 3.63) is 11.6 Å². The maximum atomic E-state index is 11.7. The first-order valence-corrected chi connectivity index (χ1v) is 5.53. The minimum Gasteiger partial charge on any atom is -0.467 e. The van der Waals surface area contributed by atoms with Gasteiger partial charge in [0.15, 0.2) is 6.04 Å². The summed E-state index contributed by atoms with van der Waals surface area (Å²) < 4.78 is 4.42. The third kappa shape index (κ3) is 3.52. The third-order valence-electron chi connectivity index (χ3n) is 2.20. The summed E-state index contributed by atoms with van der Waals surface area (Å²) in [6.45, 7) is 1.42. The number of aliphatic hydroxyl groups is 1. The van der Waals surface area contributed by atoms with Crippen molar-refractivity contribution in [1.29, 1.82) is 0 Å². The van der Waals surface area contributed by atoms with Gasteiger partial charge in [-0.25, -0.2) is 9.78 Å². The lowest BCUT2D eigenvalue weighted by Crippen LogP contribution is -2.44. The van der Waals surface area contributed by atoms with Gasteiger partial charge in [0.05, 0.1) is 13.7 Å². The van der Waals surface area contributed by atoms with E-state index in [4.69, 9.17) is 5.11 Å². The number of rotatable bonds is 6. The summed E-state index contributed by atoms with van der Waals surface area (Å²) in [6, 6.07) is -1.12. The minimum atomic E-state index is -1.12. The summed E-state index contributed by atoms with van der Waals surface area (Å²) in [5.74, 6) is -0.838. The zero-order valence-electron chi connectivity index (χ0n) is 10.3. The van der Waals surface area contributed by atoms with Crippen LogP contribution in [0, 0.1) is 0 Å². The van der Waals surface area contributed by atoms with Gasteiger partial charge in [0.1, 0.15) is 5.82 Å². The molecule has 8 nitrogen and oxygen atoms in total. The number of nitrogens with one attached hydrogen (secondary N) is 2. The summed E-state index contributed by atoms with van der Waals surface area (Å²) in [4.78, 5) is 26.8. The van der Waals surface area contributed by atoms with Crippen LogP contribution in [0.1, 0.15) is 29.8 Å². The smallest absolute Gasteiger partial charge is 0.330 e. The molecule has 0 aliphatic rings. The average Bonchev–Trinajstić information content (AvgIpc) is 2.84. The standard InChI is InChI=1S/C10H16N4O4/c1-3-4-7-12-8(14-13-7)9(16)11-6(5-15)10(17)18-2/h6,15H,3-5H2,1-2H3,(H,11,16)(H,12,13,14). The van der Waals surface area contributed by atoms with Crippen molar-refractivity contribution in [3.63, 3.8) is 0 Å². The number of hydrogen-bond acceptors (Lipinski definition) is 6. The molecule has 0 bridgehead atoms.